The number of amides is 3. The monoisotopic (exact) mass is 251 g/mol. The third-order valence-electron chi connectivity index (χ3n) is 4.13. The molecule has 3 heterocycles. The molecule has 98 valence electrons. The standard InChI is InChI=1S/C12H17N3O3/c16-10-5-8(6-13-10)12(18)14-3-4-15-9(7-14)1-2-11(15)17/h8-9H,1-7H2,(H,13,16). The SMILES string of the molecule is O=C1CC(C(=O)N2CCN3C(=O)CCC3C2)CN1. The van der Waals surface area contributed by atoms with E-state index in [4.69, 9.17) is 0 Å². The quantitative estimate of drug-likeness (QED) is 0.647. The molecule has 3 fully saturated rings. The predicted molar refractivity (Wildman–Crippen MR) is 62.4 cm³/mol. The molecule has 3 amide bonds. The van der Waals surface area contributed by atoms with Crippen molar-refractivity contribution in [2.45, 2.75) is 25.3 Å². The van der Waals surface area contributed by atoms with Crippen molar-refractivity contribution in [2.24, 2.45) is 5.92 Å². The zero-order chi connectivity index (χ0) is 12.7. The second kappa shape index (κ2) is 4.26. The van der Waals surface area contributed by atoms with Crippen molar-refractivity contribution < 1.29 is 14.4 Å². The van der Waals surface area contributed by atoms with Gasteiger partial charge in [-0.05, 0) is 6.42 Å². The van der Waals surface area contributed by atoms with Crippen LogP contribution >= 0.6 is 0 Å². The van der Waals surface area contributed by atoms with E-state index >= 15 is 0 Å². The van der Waals surface area contributed by atoms with Gasteiger partial charge in [-0.15, -0.1) is 0 Å². The Bertz CT molecular complexity index is 409. The molecule has 3 aliphatic heterocycles. The van der Waals surface area contributed by atoms with Crippen LogP contribution in [0.5, 0.6) is 0 Å². The number of carbonyl (C=O) groups excluding carboxylic acids is 3. The first-order chi connectivity index (χ1) is 8.65. The van der Waals surface area contributed by atoms with E-state index in [0.29, 0.717) is 39.0 Å². The molecule has 18 heavy (non-hydrogen) atoms. The minimum atomic E-state index is -0.207. The molecule has 2 unspecified atom stereocenters. The summed E-state index contributed by atoms with van der Waals surface area (Å²) in [5, 5.41) is 2.69. The first-order valence-corrected chi connectivity index (χ1v) is 6.50. The second-order valence-electron chi connectivity index (χ2n) is 5.27. The van der Waals surface area contributed by atoms with Gasteiger partial charge in [0.05, 0.1) is 5.92 Å². The van der Waals surface area contributed by atoms with Crippen molar-refractivity contribution in [3.8, 4) is 0 Å². The van der Waals surface area contributed by atoms with Crippen molar-refractivity contribution >= 4 is 17.7 Å². The molecule has 0 saturated carbocycles. The third kappa shape index (κ3) is 1.85. The van der Waals surface area contributed by atoms with E-state index in [1.165, 1.54) is 0 Å². The van der Waals surface area contributed by atoms with Crippen LogP contribution < -0.4 is 5.32 Å². The number of fused-ring (bicyclic) bond motifs is 1. The predicted octanol–water partition coefficient (Wildman–Crippen LogP) is -1.04. The van der Waals surface area contributed by atoms with Gasteiger partial charge in [0.15, 0.2) is 0 Å². The Morgan fingerprint density at radius 2 is 2.11 bits per heavy atom. The third-order valence-corrected chi connectivity index (χ3v) is 4.13. The Hall–Kier alpha value is -1.59. The van der Waals surface area contributed by atoms with Gasteiger partial charge in [0.1, 0.15) is 0 Å². The van der Waals surface area contributed by atoms with Crippen LogP contribution in [0, 0.1) is 5.92 Å². The fourth-order valence-electron chi connectivity index (χ4n) is 3.10. The molecule has 3 saturated heterocycles. The summed E-state index contributed by atoms with van der Waals surface area (Å²) in [6.45, 7) is 2.34. The second-order valence-corrected chi connectivity index (χ2v) is 5.27. The molecule has 0 radical (unpaired) electrons. The Balaban J connectivity index is 1.63. The lowest BCUT2D eigenvalue weighted by Gasteiger charge is -2.38. The number of carbonyl (C=O) groups is 3. The highest BCUT2D eigenvalue weighted by atomic mass is 16.2. The molecular formula is C12H17N3O3. The fourth-order valence-corrected chi connectivity index (χ4v) is 3.10. The van der Waals surface area contributed by atoms with Gasteiger partial charge in [-0.25, -0.2) is 0 Å². The number of nitrogens with zero attached hydrogens (tertiary/aromatic N) is 2. The summed E-state index contributed by atoms with van der Waals surface area (Å²) in [6.07, 6.45) is 1.77. The molecule has 0 bridgehead atoms. The van der Waals surface area contributed by atoms with Crippen molar-refractivity contribution in [1.29, 1.82) is 0 Å². The topological polar surface area (TPSA) is 69.7 Å². The van der Waals surface area contributed by atoms with Gasteiger partial charge in [-0.3, -0.25) is 14.4 Å². The van der Waals surface area contributed by atoms with E-state index in [1.807, 2.05) is 9.80 Å². The molecule has 0 aromatic heterocycles. The summed E-state index contributed by atoms with van der Waals surface area (Å²) in [5.74, 6) is 0.0290. The molecule has 1 N–H and O–H groups in total. The first-order valence-electron chi connectivity index (χ1n) is 6.50. The van der Waals surface area contributed by atoms with Crippen molar-refractivity contribution in [1.82, 2.24) is 15.1 Å². The van der Waals surface area contributed by atoms with Crippen LogP contribution in [0.1, 0.15) is 19.3 Å². The Labute approximate surface area is 105 Å². The zero-order valence-electron chi connectivity index (χ0n) is 10.2. The van der Waals surface area contributed by atoms with E-state index < -0.39 is 0 Å². The molecule has 0 aliphatic carbocycles. The van der Waals surface area contributed by atoms with Crippen LogP contribution in [0.3, 0.4) is 0 Å². The smallest absolute Gasteiger partial charge is 0.228 e. The molecule has 3 aliphatic rings. The molecule has 2 atom stereocenters. The van der Waals surface area contributed by atoms with Crippen LogP contribution in [0.25, 0.3) is 0 Å². The molecule has 0 spiro atoms. The Kier molecular flexibility index (Phi) is 2.72. The molecule has 3 rings (SSSR count). The lowest BCUT2D eigenvalue weighted by molar-refractivity contribution is -0.141. The van der Waals surface area contributed by atoms with Gasteiger partial charge in [-0.1, -0.05) is 0 Å². The van der Waals surface area contributed by atoms with Gasteiger partial charge in [0.25, 0.3) is 0 Å². The van der Waals surface area contributed by atoms with E-state index in [2.05, 4.69) is 5.32 Å². The fraction of sp³-hybridized carbons (Fsp3) is 0.750. The van der Waals surface area contributed by atoms with E-state index in [0.717, 1.165) is 6.42 Å². The van der Waals surface area contributed by atoms with Crippen molar-refractivity contribution in [3.05, 3.63) is 0 Å². The van der Waals surface area contributed by atoms with Crippen LogP contribution in [0.4, 0.5) is 0 Å². The average Bonchev–Trinajstić information content (AvgIpc) is 2.95. The number of rotatable bonds is 1. The number of hydrogen-bond donors (Lipinski definition) is 1. The maximum atomic E-state index is 12.2. The summed E-state index contributed by atoms with van der Waals surface area (Å²) in [5.41, 5.74) is 0. The minimum absolute atomic E-state index is 0.0389. The molecule has 6 heteroatoms. The van der Waals surface area contributed by atoms with Gasteiger partial charge in [0, 0.05) is 45.1 Å². The van der Waals surface area contributed by atoms with Gasteiger partial charge < -0.3 is 15.1 Å². The number of piperazine rings is 1. The largest absolute Gasteiger partial charge is 0.355 e. The summed E-state index contributed by atoms with van der Waals surface area (Å²) < 4.78 is 0. The van der Waals surface area contributed by atoms with Crippen molar-refractivity contribution in [2.75, 3.05) is 26.2 Å². The van der Waals surface area contributed by atoms with Gasteiger partial charge in [0.2, 0.25) is 17.7 Å². The molecule has 6 nitrogen and oxygen atoms in total. The maximum Gasteiger partial charge on any atom is 0.228 e. The van der Waals surface area contributed by atoms with Gasteiger partial charge >= 0.3 is 0 Å². The normalized spacial score (nSPS) is 31.6. The summed E-state index contributed by atoms with van der Waals surface area (Å²) >= 11 is 0. The van der Waals surface area contributed by atoms with Crippen LogP contribution in [-0.4, -0.2) is 59.7 Å². The molecule has 0 aromatic carbocycles. The van der Waals surface area contributed by atoms with Gasteiger partial charge in [-0.2, -0.15) is 0 Å². The van der Waals surface area contributed by atoms with Crippen LogP contribution in [0.15, 0.2) is 0 Å². The van der Waals surface area contributed by atoms with Crippen LogP contribution in [0.2, 0.25) is 0 Å². The lowest BCUT2D eigenvalue weighted by atomic mass is 10.1. The summed E-state index contributed by atoms with van der Waals surface area (Å²) in [6, 6.07) is 0.195. The van der Waals surface area contributed by atoms with Crippen molar-refractivity contribution in [3.63, 3.8) is 0 Å². The highest BCUT2D eigenvalue weighted by Crippen LogP contribution is 2.24. The Morgan fingerprint density at radius 1 is 1.28 bits per heavy atom. The van der Waals surface area contributed by atoms with Crippen LogP contribution in [-0.2, 0) is 14.4 Å². The Morgan fingerprint density at radius 3 is 2.83 bits per heavy atom. The molecular weight excluding hydrogens is 234 g/mol. The number of hydrogen-bond acceptors (Lipinski definition) is 3. The maximum absolute atomic E-state index is 12.2. The van der Waals surface area contributed by atoms with E-state index in [9.17, 15) is 14.4 Å². The summed E-state index contributed by atoms with van der Waals surface area (Å²) in [4.78, 5) is 38.6. The van der Waals surface area contributed by atoms with E-state index in [1.54, 1.807) is 0 Å². The number of nitrogens with one attached hydrogen (secondary N) is 1. The highest BCUT2D eigenvalue weighted by Gasteiger charge is 2.39. The average molecular weight is 251 g/mol. The summed E-state index contributed by atoms with van der Waals surface area (Å²) in [7, 11) is 0. The zero-order valence-corrected chi connectivity index (χ0v) is 10.2. The highest BCUT2D eigenvalue weighted by molar-refractivity contribution is 5.89. The first kappa shape index (κ1) is 11.5. The molecule has 0 aromatic rings. The van der Waals surface area contributed by atoms with E-state index in [-0.39, 0.29) is 29.7 Å². The minimum Gasteiger partial charge on any atom is -0.355 e. The lowest BCUT2D eigenvalue weighted by Crippen LogP contribution is -2.54.